The molecule has 3 aromatic rings. The number of hydrogen-bond donors (Lipinski definition) is 0. The highest BCUT2D eigenvalue weighted by molar-refractivity contribution is 7.80. The molecule has 1 atom stereocenters. The van der Waals surface area contributed by atoms with Crippen LogP contribution in [0.2, 0.25) is 0 Å². The van der Waals surface area contributed by atoms with Crippen molar-refractivity contribution in [3.8, 4) is 0 Å². The van der Waals surface area contributed by atoms with E-state index >= 15 is 0 Å². The van der Waals surface area contributed by atoms with Crippen LogP contribution in [0.1, 0.15) is 22.6 Å². The van der Waals surface area contributed by atoms with Gasteiger partial charge >= 0.3 is 0 Å². The van der Waals surface area contributed by atoms with Crippen molar-refractivity contribution in [1.82, 2.24) is 5.06 Å². The molecule has 0 fully saturated rings. The molecule has 3 aromatic carbocycles. The van der Waals surface area contributed by atoms with Gasteiger partial charge < -0.3 is 0 Å². The zero-order valence-electron chi connectivity index (χ0n) is 15.0. The summed E-state index contributed by atoms with van der Waals surface area (Å²) in [5.74, 6) is 0.284. The van der Waals surface area contributed by atoms with Crippen LogP contribution in [0.4, 0.5) is 0 Å². The van der Waals surface area contributed by atoms with Crippen LogP contribution >= 0.6 is 0 Å². The molecular formula is C22H23NO2S. The highest BCUT2D eigenvalue weighted by atomic mass is 32.2. The minimum Gasteiger partial charge on any atom is -0.223 e. The summed E-state index contributed by atoms with van der Waals surface area (Å²) in [7, 11) is 3.44. The molecule has 0 radical (unpaired) electrons. The van der Waals surface area contributed by atoms with Crippen molar-refractivity contribution in [3.05, 3.63) is 102 Å². The second-order valence-electron chi connectivity index (χ2n) is 6.34. The Balaban J connectivity index is 1.82. The fraction of sp³-hybridized carbons (Fsp3) is 0.182. The van der Waals surface area contributed by atoms with Crippen molar-refractivity contribution in [3.63, 3.8) is 0 Å². The first kappa shape index (κ1) is 18.5. The van der Waals surface area contributed by atoms with Gasteiger partial charge in [0, 0.05) is 20.0 Å². The molecule has 0 amide bonds. The van der Waals surface area contributed by atoms with Crippen molar-refractivity contribution in [2.24, 2.45) is 0 Å². The van der Waals surface area contributed by atoms with Crippen LogP contribution < -0.4 is 0 Å². The molecule has 0 N–H and O–H groups in total. The summed E-state index contributed by atoms with van der Waals surface area (Å²) in [5.41, 5.74) is 3.79. The summed E-state index contributed by atoms with van der Waals surface area (Å²) in [4.78, 5) is 0.665. The zero-order chi connectivity index (χ0) is 18.4. The maximum absolute atomic E-state index is 12.1. The zero-order valence-corrected chi connectivity index (χ0v) is 15.9. The van der Waals surface area contributed by atoms with E-state index in [1.807, 2.05) is 36.4 Å². The van der Waals surface area contributed by atoms with Gasteiger partial charge in [-0.2, -0.15) is 9.35 Å². The fourth-order valence-electron chi connectivity index (χ4n) is 2.95. The van der Waals surface area contributed by atoms with Crippen molar-refractivity contribution in [1.29, 1.82) is 0 Å². The van der Waals surface area contributed by atoms with E-state index in [-0.39, 0.29) is 5.92 Å². The van der Waals surface area contributed by atoms with Crippen LogP contribution in [0.5, 0.6) is 0 Å². The standard InChI is InChI=1S/C22H23NO2S/c1-23(2)25-26(24)21-15-13-18(14-16-21)17-22(19-9-5-3-6-10-19)20-11-7-4-8-12-20/h3-16,22H,17H2,1-2H3. The highest BCUT2D eigenvalue weighted by Crippen LogP contribution is 2.28. The Bertz CT molecular complexity index is 794. The molecule has 0 aliphatic heterocycles. The van der Waals surface area contributed by atoms with Gasteiger partial charge in [0.05, 0.1) is 4.90 Å². The molecule has 4 heteroatoms. The fourth-order valence-corrected chi connectivity index (χ4v) is 3.66. The highest BCUT2D eigenvalue weighted by Gasteiger charge is 2.15. The lowest BCUT2D eigenvalue weighted by atomic mass is 9.86. The first-order valence-electron chi connectivity index (χ1n) is 8.60. The maximum Gasteiger partial charge on any atom is 0.206 e. The number of benzene rings is 3. The second kappa shape index (κ2) is 8.90. The molecule has 1 unspecified atom stereocenters. The first-order chi connectivity index (χ1) is 12.6. The third-order valence-corrected chi connectivity index (χ3v) is 5.27. The van der Waals surface area contributed by atoms with E-state index in [2.05, 4.69) is 48.5 Å². The molecule has 0 aliphatic carbocycles. The van der Waals surface area contributed by atoms with Gasteiger partial charge in [0.2, 0.25) is 11.1 Å². The van der Waals surface area contributed by atoms with Gasteiger partial charge in [0.15, 0.2) is 0 Å². The predicted molar refractivity (Wildman–Crippen MR) is 106 cm³/mol. The van der Waals surface area contributed by atoms with E-state index < -0.39 is 11.1 Å². The van der Waals surface area contributed by atoms with E-state index in [0.29, 0.717) is 4.90 Å². The molecule has 3 rings (SSSR count). The van der Waals surface area contributed by atoms with Gasteiger partial charge in [-0.25, -0.2) is 4.21 Å². The molecule has 0 heterocycles. The summed E-state index contributed by atoms with van der Waals surface area (Å²) in [5, 5.41) is 1.45. The normalized spacial score (nSPS) is 12.5. The van der Waals surface area contributed by atoms with Crippen molar-refractivity contribution < 1.29 is 8.49 Å². The summed E-state index contributed by atoms with van der Waals surface area (Å²) >= 11 is -1.48. The van der Waals surface area contributed by atoms with Crippen LogP contribution in [0, 0.1) is 0 Å². The first-order valence-corrected chi connectivity index (χ1v) is 9.67. The van der Waals surface area contributed by atoms with E-state index in [1.165, 1.54) is 21.8 Å². The molecule has 3 nitrogen and oxygen atoms in total. The van der Waals surface area contributed by atoms with Crippen LogP contribution in [-0.2, 0) is 21.8 Å². The minimum atomic E-state index is -1.48. The van der Waals surface area contributed by atoms with E-state index in [0.717, 1.165) is 6.42 Å². The van der Waals surface area contributed by atoms with E-state index in [9.17, 15) is 4.21 Å². The Hall–Kier alpha value is -2.27. The lowest BCUT2D eigenvalue weighted by molar-refractivity contribution is 0.0138. The van der Waals surface area contributed by atoms with Gasteiger partial charge in [-0.3, -0.25) is 0 Å². The van der Waals surface area contributed by atoms with Gasteiger partial charge in [-0.15, -0.1) is 0 Å². The molecule has 134 valence electrons. The predicted octanol–water partition coefficient (Wildman–Crippen LogP) is 4.58. The van der Waals surface area contributed by atoms with Gasteiger partial charge in [0.25, 0.3) is 0 Å². The minimum absolute atomic E-state index is 0.284. The SMILES string of the molecule is CN(C)OS(=O)c1ccc(CC(c2ccccc2)c2ccccc2)cc1. The summed E-state index contributed by atoms with van der Waals surface area (Å²) in [6.07, 6.45) is 0.884. The lowest BCUT2D eigenvalue weighted by Gasteiger charge is -2.18. The Kier molecular flexibility index (Phi) is 6.34. The monoisotopic (exact) mass is 365 g/mol. The van der Waals surface area contributed by atoms with Gasteiger partial charge in [-0.1, -0.05) is 72.8 Å². The van der Waals surface area contributed by atoms with Crippen LogP contribution in [0.25, 0.3) is 0 Å². The van der Waals surface area contributed by atoms with Crippen molar-refractivity contribution >= 4 is 11.1 Å². The molecule has 0 spiro atoms. The number of nitrogens with zero attached hydrogens (tertiary/aromatic N) is 1. The molecule has 0 aromatic heterocycles. The molecule has 0 aliphatic rings. The summed E-state index contributed by atoms with van der Waals surface area (Å²) in [6.45, 7) is 0. The average Bonchev–Trinajstić information content (AvgIpc) is 2.67. The number of hydrogen-bond acceptors (Lipinski definition) is 3. The summed E-state index contributed by atoms with van der Waals surface area (Å²) in [6, 6.07) is 28.9. The van der Waals surface area contributed by atoms with Gasteiger partial charge in [0.1, 0.15) is 0 Å². The van der Waals surface area contributed by atoms with Crippen LogP contribution in [0.15, 0.2) is 89.8 Å². The third-order valence-electron chi connectivity index (χ3n) is 4.18. The topological polar surface area (TPSA) is 29.5 Å². The maximum atomic E-state index is 12.1. The van der Waals surface area contributed by atoms with Gasteiger partial charge in [-0.05, 0) is 35.2 Å². The number of hydroxylamine groups is 2. The van der Waals surface area contributed by atoms with Crippen molar-refractivity contribution in [2.45, 2.75) is 17.2 Å². The number of rotatable bonds is 7. The third kappa shape index (κ3) is 4.88. The average molecular weight is 365 g/mol. The quantitative estimate of drug-likeness (QED) is 0.574. The molecule has 26 heavy (non-hydrogen) atoms. The van der Waals surface area contributed by atoms with Crippen LogP contribution in [-0.4, -0.2) is 23.4 Å². The lowest BCUT2D eigenvalue weighted by Crippen LogP contribution is -2.14. The molecular weight excluding hydrogens is 342 g/mol. The van der Waals surface area contributed by atoms with E-state index in [1.54, 1.807) is 14.1 Å². The van der Waals surface area contributed by atoms with Crippen molar-refractivity contribution in [2.75, 3.05) is 14.1 Å². The smallest absolute Gasteiger partial charge is 0.206 e. The Morgan fingerprint density at radius 1 is 0.808 bits per heavy atom. The molecule has 0 saturated heterocycles. The Morgan fingerprint density at radius 3 is 1.77 bits per heavy atom. The van der Waals surface area contributed by atoms with E-state index in [4.69, 9.17) is 4.28 Å². The van der Waals surface area contributed by atoms with Crippen LogP contribution in [0.3, 0.4) is 0 Å². The summed E-state index contributed by atoms with van der Waals surface area (Å²) < 4.78 is 17.3. The molecule has 0 saturated carbocycles. The Morgan fingerprint density at radius 2 is 1.31 bits per heavy atom. The largest absolute Gasteiger partial charge is 0.223 e. The molecule has 0 bridgehead atoms. The Labute approximate surface area is 157 Å². The second-order valence-corrected chi connectivity index (χ2v) is 7.43.